The summed E-state index contributed by atoms with van der Waals surface area (Å²) >= 11 is 0. The van der Waals surface area contributed by atoms with Crippen LogP contribution in [0.1, 0.15) is 10.5 Å². The van der Waals surface area contributed by atoms with Gasteiger partial charge in [0.2, 0.25) is 0 Å². The van der Waals surface area contributed by atoms with Crippen molar-refractivity contribution in [3.8, 4) is 17.4 Å². The van der Waals surface area contributed by atoms with Crippen molar-refractivity contribution in [1.82, 2.24) is 14.9 Å². The van der Waals surface area contributed by atoms with Crippen molar-refractivity contribution < 1.29 is 13.7 Å². The van der Waals surface area contributed by atoms with E-state index in [0.29, 0.717) is 17.1 Å². The number of amides is 1. The zero-order valence-electron chi connectivity index (χ0n) is 11.7. The largest absolute Gasteiger partial charge is 0.355 e. The summed E-state index contributed by atoms with van der Waals surface area (Å²) in [7, 11) is 0. The van der Waals surface area contributed by atoms with Gasteiger partial charge in [-0.3, -0.25) is 9.48 Å². The fourth-order valence-electron chi connectivity index (χ4n) is 1.90. The van der Waals surface area contributed by atoms with Crippen LogP contribution < -0.4 is 5.32 Å². The first-order chi connectivity index (χ1) is 11.2. The Kier molecular flexibility index (Phi) is 3.84. The number of nitrogens with zero attached hydrogens (tertiary/aromatic N) is 4. The Morgan fingerprint density at radius 3 is 2.87 bits per heavy atom. The maximum absolute atomic E-state index is 12.9. The normalized spacial score (nSPS) is 10.3. The minimum atomic E-state index is -0.496. The zero-order valence-corrected chi connectivity index (χ0v) is 11.7. The van der Waals surface area contributed by atoms with Gasteiger partial charge in [-0.25, -0.2) is 4.39 Å². The fraction of sp³-hybridized carbons (Fsp3) is 0.0667. The quantitative estimate of drug-likeness (QED) is 0.798. The molecule has 3 aromatic rings. The number of nitriles is 1. The van der Waals surface area contributed by atoms with E-state index in [1.54, 1.807) is 12.3 Å². The summed E-state index contributed by atoms with van der Waals surface area (Å²) in [6.45, 7) is 0.0918. The summed E-state index contributed by atoms with van der Waals surface area (Å²) in [5.41, 5.74) is 0.676. The highest BCUT2D eigenvalue weighted by atomic mass is 19.1. The van der Waals surface area contributed by atoms with Crippen LogP contribution in [0.3, 0.4) is 0 Å². The number of hydrogen-bond acceptors (Lipinski definition) is 5. The Bertz CT molecular complexity index is 876. The maximum atomic E-state index is 12.9. The van der Waals surface area contributed by atoms with Gasteiger partial charge in [0, 0.05) is 23.9 Å². The van der Waals surface area contributed by atoms with Gasteiger partial charge in [0.15, 0.2) is 17.3 Å². The van der Waals surface area contributed by atoms with Gasteiger partial charge in [-0.05, 0) is 24.3 Å². The molecule has 0 fully saturated rings. The molecule has 2 aromatic heterocycles. The van der Waals surface area contributed by atoms with Gasteiger partial charge in [-0.15, -0.1) is 0 Å². The highest BCUT2D eigenvalue weighted by molar-refractivity contribution is 6.02. The number of nitrogens with one attached hydrogen (secondary N) is 1. The molecule has 0 bridgehead atoms. The van der Waals surface area contributed by atoms with E-state index in [-0.39, 0.29) is 18.1 Å². The number of hydrogen-bond donors (Lipinski definition) is 1. The molecular formula is C15H10FN5O2. The molecule has 23 heavy (non-hydrogen) atoms. The van der Waals surface area contributed by atoms with Gasteiger partial charge in [0.05, 0.1) is 6.07 Å². The third-order valence-corrected chi connectivity index (χ3v) is 2.99. The van der Waals surface area contributed by atoms with E-state index < -0.39 is 5.91 Å². The van der Waals surface area contributed by atoms with Crippen LogP contribution in [-0.2, 0) is 6.54 Å². The second kappa shape index (κ2) is 6.11. The molecule has 0 atom stereocenters. The highest BCUT2D eigenvalue weighted by Gasteiger charge is 2.15. The summed E-state index contributed by atoms with van der Waals surface area (Å²) < 4.78 is 19.4. The predicted octanol–water partition coefficient (Wildman–Crippen LogP) is 2.45. The summed E-state index contributed by atoms with van der Waals surface area (Å²) in [4.78, 5) is 12.1. The van der Waals surface area contributed by atoms with Crippen molar-refractivity contribution in [1.29, 1.82) is 5.26 Å². The van der Waals surface area contributed by atoms with Crippen molar-refractivity contribution in [2.24, 2.45) is 0 Å². The Morgan fingerprint density at radius 2 is 2.13 bits per heavy atom. The summed E-state index contributed by atoms with van der Waals surface area (Å²) in [5, 5.41) is 18.8. The van der Waals surface area contributed by atoms with Gasteiger partial charge < -0.3 is 9.84 Å². The third kappa shape index (κ3) is 3.24. The molecule has 7 nitrogen and oxygen atoms in total. The molecule has 0 spiro atoms. The lowest BCUT2D eigenvalue weighted by Gasteiger charge is -1.97. The van der Waals surface area contributed by atoms with E-state index in [2.05, 4.69) is 15.6 Å². The smallest absolute Gasteiger partial charge is 0.279 e. The molecule has 3 rings (SSSR count). The third-order valence-electron chi connectivity index (χ3n) is 2.99. The molecule has 1 amide bonds. The standard InChI is InChI=1S/C15H10FN5O2/c16-11-3-1-10(2-4-11)13-9-12(20-23-13)15(22)18-14-5-7-21(19-14)8-6-17/h1-5,7,9H,8H2,(H,18,19,22). The lowest BCUT2D eigenvalue weighted by atomic mass is 10.1. The second-order valence-electron chi connectivity index (χ2n) is 4.59. The van der Waals surface area contributed by atoms with Crippen molar-refractivity contribution in [3.63, 3.8) is 0 Å². The van der Waals surface area contributed by atoms with Crippen LogP contribution in [0.4, 0.5) is 10.2 Å². The van der Waals surface area contributed by atoms with Crippen molar-refractivity contribution >= 4 is 11.7 Å². The Labute approximate surface area is 129 Å². The number of halogens is 1. The molecule has 0 aliphatic carbocycles. The van der Waals surface area contributed by atoms with E-state index in [4.69, 9.17) is 9.78 Å². The molecule has 0 aliphatic rings. The molecule has 0 unspecified atom stereocenters. The maximum Gasteiger partial charge on any atom is 0.279 e. The van der Waals surface area contributed by atoms with Gasteiger partial charge in [0.1, 0.15) is 12.4 Å². The number of aromatic nitrogens is 3. The molecule has 0 radical (unpaired) electrons. The second-order valence-corrected chi connectivity index (χ2v) is 4.59. The topological polar surface area (TPSA) is 96.7 Å². The Hall–Kier alpha value is -3.47. The predicted molar refractivity (Wildman–Crippen MR) is 77.7 cm³/mol. The zero-order chi connectivity index (χ0) is 16.2. The van der Waals surface area contributed by atoms with Gasteiger partial charge in [0.25, 0.3) is 5.91 Å². The van der Waals surface area contributed by atoms with E-state index >= 15 is 0 Å². The van der Waals surface area contributed by atoms with Gasteiger partial charge in [-0.2, -0.15) is 10.4 Å². The number of carbonyl (C=O) groups is 1. The molecule has 1 N–H and O–H groups in total. The Morgan fingerprint density at radius 1 is 1.35 bits per heavy atom. The SMILES string of the molecule is N#CCn1ccc(NC(=O)c2cc(-c3ccc(F)cc3)on2)n1. The number of carbonyl (C=O) groups excluding carboxylic acids is 1. The van der Waals surface area contributed by atoms with Crippen LogP contribution in [0, 0.1) is 17.1 Å². The van der Waals surface area contributed by atoms with Crippen LogP contribution in [-0.4, -0.2) is 20.8 Å². The molecule has 0 saturated carbocycles. The molecule has 2 heterocycles. The van der Waals surface area contributed by atoms with Gasteiger partial charge >= 0.3 is 0 Å². The average Bonchev–Trinajstić information content (AvgIpc) is 3.18. The summed E-state index contributed by atoms with van der Waals surface area (Å²) in [6.07, 6.45) is 1.57. The van der Waals surface area contributed by atoms with Crippen LogP contribution in [0.15, 0.2) is 47.1 Å². The molecular weight excluding hydrogens is 301 g/mol. The fourth-order valence-corrected chi connectivity index (χ4v) is 1.90. The number of rotatable bonds is 4. The van der Waals surface area contributed by atoms with Crippen LogP contribution in [0.25, 0.3) is 11.3 Å². The van der Waals surface area contributed by atoms with Crippen LogP contribution >= 0.6 is 0 Å². The number of benzene rings is 1. The van der Waals surface area contributed by atoms with Crippen LogP contribution in [0.2, 0.25) is 0 Å². The molecule has 8 heteroatoms. The molecule has 114 valence electrons. The first-order valence-electron chi connectivity index (χ1n) is 6.60. The van der Waals surface area contributed by atoms with Crippen molar-refractivity contribution in [2.75, 3.05) is 5.32 Å². The lowest BCUT2D eigenvalue weighted by Crippen LogP contribution is -2.13. The van der Waals surface area contributed by atoms with E-state index in [9.17, 15) is 9.18 Å². The molecule has 1 aromatic carbocycles. The molecule has 0 saturated heterocycles. The minimum absolute atomic E-state index is 0.0687. The minimum Gasteiger partial charge on any atom is -0.355 e. The summed E-state index contributed by atoms with van der Waals surface area (Å²) in [5.74, 6) is -0.203. The van der Waals surface area contributed by atoms with E-state index in [1.807, 2.05) is 6.07 Å². The average molecular weight is 311 g/mol. The van der Waals surface area contributed by atoms with Crippen molar-refractivity contribution in [3.05, 3.63) is 54.1 Å². The van der Waals surface area contributed by atoms with Gasteiger partial charge in [-0.1, -0.05) is 5.16 Å². The first kappa shape index (κ1) is 14.5. The monoisotopic (exact) mass is 311 g/mol. The first-order valence-corrected chi connectivity index (χ1v) is 6.60. The summed E-state index contributed by atoms with van der Waals surface area (Å²) in [6, 6.07) is 10.6. The van der Waals surface area contributed by atoms with E-state index in [1.165, 1.54) is 35.0 Å². The highest BCUT2D eigenvalue weighted by Crippen LogP contribution is 2.21. The van der Waals surface area contributed by atoms with Crippen molar-refractivity contribution in [2.45, 2.75) is 6.54 Å². The van der Waals surface area contributed by atoms with Crippen LogP contribution in [0.5, 0.6) is 0 Å². The Balaban J connectivity index is 1.73. The van der Waals surface area contributed by atoms with E-state index in [0.717, 1.165) is 0 Å². The number of anilines is 1. The molecule has 0 aliphatic heterocycles. The lowest BCUT2D eigenvalue weighted by molar-refractivity contribution is 0.101.